The molecule has 4 rings (SSSR count). The van der Waals surface area contributed by atoms with Crippen molar-refractivity contribution in [3.8, 4) is 0 Å². The summed E-state index contributed by atoms with van der Waals surface area (Å²) in [5.74, 6) is 0.145. The molecule has 0 radical (unpaired) electrons. The van der Waals surface area contributed by atoms with Crippen LogP contribution >= 0.6 is 0 Å². The van der Waals surface area contributed by atoms with Crippen LogP contribution in [-0.2, 0) is 17.8 Å². The Morgan fingerprint density at radius 2 is 1.79 bits per heavy atom. The van der Waals surface area contributed by atoms with Crippen molar-refractivity contribution >= 4 is 23.3 Å². The minimum atomic E-state index is -0.139. The smallest absolute Gasteiger partial charge is 0.319 e. The van der Waals surface area contributed by atoms with E-state index in [9.17, 15) is 9.59 Å². The van der Waals surface area contributed by atoms with Gasteiger partial charge < -0.3 is 15.5 Å². The van der Waals surface area contributed by atoms with Crippen LogP contribution in [0.1, 0.15) is 49.7 Å². The van der Waals surface area contributed by atoms with Gasteiger partial charge in [-0.1, -0.05) is 49.6 Å². The van der Waals surface area contributed by atoms with Crippen molar-refractivity contribution in [2.75, 3.05) is 10.2 Å². The number of hydrogen-bond acceptors (Lipinski definition) is 2. The summed E-state index contributed by atoms with van der Waals surface area (Å²) < 4.78 is 0. The van der Waals surface area contributed by atoms with Crippen LogP contribution in [0.3, 0.4) is 0 Å². The Balaban J connectivity index is 1.45. The lowest BCUT2D eigenvalue weighted by Crippen LogP contribution is -2.39. The highest BCUT2D eigenvalue weighted by Gasteiger charge is 2.24. The molecule has 28 heavy (non-hydrogen) atoms. The number of carbonyl (C=O) groups excluding carboxylic acids is 2. The Morgan fingerprint density at radius 1 is 1.00 bits per heavy atom. The Morgan fingerprint density at radius 3 is 2.57 bits per heavy atom. The fourth-order valence-electron chi connectivity index (χ4n) is 4.18. The van der Waals surface area contributed by atoms with Crippen molar-refractivity contribution in [2.45, 2.75) is 57.5 Å². The van der Waals surface area contributed by atoms with Gasteiger partial charge in [-0.05, 0) is 48.6 Å². The molecule has 1 saturated carbocycles. The minimum Gasteiger partial charge on any atom is -0.335 e. The number of fused-ring (bicyclic) bond motifs is 1. The zero-order chi connectivity index (χ0) is 19.3. The largest absolute Gasteiger partial charge is 0.335 e. The molecule has 0 atom stereocenters. The SMILES string of the molecule is O=C(Nc1ccc2c(c1)CCC(=O)N2Cc1ccccc1)NC1CCCCC1. The first-order chi connectivity index (χ1) is 13.7. The lowest BCUT2D eigenvalue weighted by Gasteiger charge is -2.30. The molecule has 0 bridgehead atoms. The predicted molar refractivity (Wildman–Crippen MR) is 111 cm³/mol. The molecule has 1 heterocycles. The van der Waals surface area contributed by atoms with E-state index in [1.807, 2.05) is 53.4 Å². The van der Waals surface area contributed by atoms with E-state index in [4.69, 9.17) is 0 Å². The van der Waals surface area contributed by atoms with Crippen LogP contribution in [0.5, 0.6) is 0 Å². The molecule has 0 saturated heterocycles. The summed E-state index contributed by atoms with van der Waals surface area (Å²) in [5, 5.41) is 6.04. The van der Waals surface area contributed by atoms with Crippen molar-refractivity contribution in [3.63, 3.8) is 0 Å². The first-order valence-electron chi connectivity index (χ1n) is 10.2. The number of aryl methyl sites for hydroxylation is 1. The number of rotatable bonds is 4. The molecular formula is C23H27N3O2. The van der Waals surface area contributed by atoms with Gasteiger partial charge in [-0.3, -0.25) is 4.79 Å². The second-order valence-electron chi connectivity index (χ2n) is 7.74. The number of anilines is 2. The number of amides is 3. The zero-order valence-electron chi connectivity index (χ0n) is 16.1. The van der Waals surface area contributed by atoms with Gasteiger partial charge in [-0.15, -0.1) is 0 Å². The average molecular weight is 377 g/mol. The van der Waals surface area contributed by atoms with E-state index < -0.39 is 0 Å². The second kappa shape index (κ2) is 8.46. The molecule has 2 aromatic carbocycles. The van der Waals surface area contributed by atoms with Gasteiger partial charge in [0.25, 0.3) is 0 Å². The van der Waals surface area contributed by atoms with E-state index in [2.05, 4.69) is 10.6 Å². The summed E-state index contributed by atoms with van der Waals surface area (Å²) in [6.45, 7) is 0.571. The van der Waals surface area contributed by atoms with Crippen LogP contribution in [0.2, 0.25) is 0 Å². The quantitative estimate of drug-likeness (QED) is 0.817. The maximum absolute atomic E-state index is 12.5. The van der Waals surface area contributed by atoms with E-state index in [0.29, 0.717) is 19.4 Å². The lowest BCUT2D eigenvalue weighted by molar-refractivity contribution is -0.119. The summed E-state index contributed by atoms with van der Waals surface area (Å²) in [6.07, 6.45) is 6.98. The number of nitrogens with zero attached hydrogens (tertiary/aromatic N) is 1. The molecule has 2 aromatic rings. The Bertz CT molecular complexity index is 844. The fourth-order valence-corrected chi connectivity index (χ4v) is 4.18. The number of carbonyl (C=O) groups is 2. The highest BCUT2D eigenvalue weighted by atomic mass is 16.2. The van der Waals surface area contributed by atoms with Crippen molar-refractivity contribution in [3.05, 3.63) is 59.7 Å². The van der Waals surface area contributed by atoms with Crippen LogP contribution in [-0.4, -0.2) is 18.0 Å². The molecule has 146 valence electrons. The van der Waals surface area contributed by atoms with Crippen LogP contribution in [0.15, 0.2) is 48.5 Å². The van der Waals surface area contributed by atoms with Gasteiger partial charge in [-0.25, -0.2) is 4.79 Å². The average Bonchev–Trinajstić information content (AvgIpc) is 2.71. The Labute approximate surface area is 166 Å². The van der Waals surface area contributed by atoms with Crippen molar-refractivity contribution in [1.29, 1.82) is 0 Å². The Kier molecular flexibility index (Phi) is 5.60. The maximum Gasteiger partial charge on any atom is 0.319 e. The molecular weight excluding hydrogens is 350 g/mol. The summed E-state index contributed by atoms with van der Waals surface area (Å²) in [4.78, 5) is 26.7. The molecule has 1 aliphatic heterocycles. The van der Waals surface area contributed by atoms with E-state index >= 15 is 0 Å². The van der Waals surface area contributed by atoms with E-state index in [0.717, 1.165) is 35.3 Å². The summed E-state index contributed by atoms with van der Waals surface area (Å²) in [6, 6.07) is 16.0. The molecule has 1 aliphatic carbocycles. The van der Waals surface area contributed by atoms with Crippen LogP contribution in [0.4, 0.5) is 16.2 Å². The van der Waals surface area contributed by atoms with Gasteiger partial charge in [0.2, 0.25) is 5.91 Å². The van der Waals surface area contributed by atoms with Gasteiger partial charge in [0, 0.05) is 23.8 Å². The third-order valence-corrected chi connectivity index (χ3v) is 5.66. The van der Waals surface area contributed by atoms with Gasteiger partial charge >= 0.3 is 6.03 Å². The monoisotopic (exact) mass is 377 g/mol. The van der Waals surface area contributed by atoms with Gasteiger partial charge in [0.1, 0.15) is 0 Å². The highest BCUT2D eigenvalue weighted by molar-refractivity contribution is 5.97. The summed E-state index contributed by atoms with van der Waals surface area (Å²) in [7, 11) is 0. The summed E-state index contributed by atoms with van der Waals surface area (Å²) >= 11 is 0. The van der Waals surface area contributed by atoms with Gasteiger partial charge in [0.05, 0.1) is 6.54 Å². The minimum absolute atomic E-state index is 0.139. The molecule has 0 aromatic heterocycles. The zero-order valence-corrected chi connectivity index (χ0v) is 16.1. The number of benzene rings is 2. The molecule has 0 unspecified atom stereocenters. The third kappa shape index (κ3) is 4.35. The van der Waals surface area contributed by atoms with E-state index in [1.165, 1.54) is 19.3 Å². The molecule has 2 aliphatic rings. The predicted octanol–water partition coefficient (Wildman–Crippen LogP) is 4.62. The fraction of sp³-hybridized carbons (Fsp3) is 0.391. The topological polar surface area (TPSA) is 61.4 Å². The molecule has 5 nitrogen and oxygen atoms in total. The van der Waals surface area contributed by atoms with Crippen molar-refractivity contribution in [2.24, 2.45) is 0 Å². The van der Waals surface area contributed by atoms with Gasteiger partial charge in [-0.2, -0.15) is 0 Å². The second-order valence-corrected chi connectivity index (χ2v) is 7.74. The van der Waals surface area contributed by atoms with Crippen molar-refractivity contribution < 1.29 is 9.59 Å². The summed E-state index contributed by atoms with van der Waals surface area (Å²) in [5.41, 5.74) is 3.93. The first kappa shape index (κ1) is 18.5. The number of nitrogens with one attached hydrogen (secondary N) is 2. The third-order valence-electron chi connectivity index (χ3n) is 5.66. The van der Waals surface area contributed by atoms with Crippen LogP contribution in [0, 0.1) is 0 Å². The number of urea groups is 1. The number of hydrogen-bond donors (Lipinski definition) is 2. The molecule has 5 heteroatoms. The maximum atomic E-state index is 12.5. The highest BCUT2D eigenvalue weighted by Crippen LogP contribution is 2.31. The molecule has 3 amide bonds. The van der Waals surface area contributed by atoms with Crippen molar-refractivity contribution in [1.82, 2.24) is 5.32 Å². The normalized spacial score (nSPS) is 17.1. The molecule has 1 fully saturated rings. The Hall–Kier alpha value is -2.82. The van der Waals surface area contributed by atoms with Crippen LogP contribution in [0.25, 0.3) is 0 Å². The lowest BCUT2D eigenvalue weighted by atomic mass is 9.96. The van der Waals surface area contributed by atoms with Gasteiger partial charge in [0.15, 0.2) is 0 Å². The van der Waals surface area contributed by atoms with E-state index in [1.54, 1.807) is 0 Å². The standard InChI is InChI=1S/C23H27N3O2/c27-22-14-11-18-15-20(25-23(28)24-19-9-5-2-6-10-19)12-13-21(18)26(22)16-17-7-3-1-4-8-17/h1,3-4,7-8,12-13,15,19H,2,5-6,9-11,14,16H2,(H2,24,25,28). The molecule has 0 spiro atoms. The van der Waals surface area contributed by atoms with E-state index in [-0.39, 0.29) is 18.0 Å². The molecule has 2 N–H and O–H groups in total. The van der Waals surface area contributed by atoms with Crippen LogP contribution < -0.4 is 15.5 Å². The first-order valence-corrected chi connectivity index (χ1v) is 10.2.